The minimum Gasteiger partial charge on any atom is -0.361 e. The van der Waals surface area contributed by atoms with E-state index in [4.69, 9.17) is 9.26 Å². The van der Waals surface area contributed by atoms with E-state index in [0.29, 0.717) is 49.5 Å². The van der Waals surface area contributed by atoms with Crippen molar-refractivity contribution >= 4 is 17.5 Å². The number of aryl methyl sites for hydroxylation is 2. The second-order valence-corrected chi connectivity index (χ2v) is 7.18. The molecule has 0 radical (unpaired) electrons. The Morgan fingerprint density at radius 2 is 2.04 bits per heavy atom. The Kier molecular flexibility index (Phi) is 4.47. The number of hydrogen-bond donors (Lipinski definition) is 0. The SMILES string of the molecule is CCc1noc(C)c1C(=O)N1CCC2(C1)CN(c1ccccc1)C(=O)CO2. The summed E-state index contributed by atoms with van der Waals surface area (Å²) in [4.78, 5) is 29.0. The van der Waals surface area contributed by atoms with Gasteiger partial charge in [0, 0.05) is 12.2 Å². The zero-order valence-electron chi connectivity index (χ0n) is 15.6. The van der Waals surface area contributed by atoms with Crippen molar-refractivity contribution in [1.82, 2.24) is 10.1 Å². The van der Waals surface area contributed by atoms with Crippen LogP contribution in [0.25, 0.3) is 0 Å². The molecule has 1 aromatic heterocycles. The monoisotopic (exact) mass is 369 g/mol. The highest BCUT2D eigenvalue weighted by Gasteiger charge is 2.47. The molecule has 1 spiro atoms. The van der Waals surface area contributed by atoms with E-state index >= 15 is 0 Å². The van der Waals surface area contributed by atoms with Crippen LogP contribution in [0.15, 0.2) is 34.9 Å². The molecular formula is C20H23N3O4. The summed E-state index contributed by atoms with van der Waals surface area (Å²) in [5.41, 5.74) is 1.57. The van der Waals surface area contributed by atoms with E-state index in [1.165, 1.54) is 0 Å². The van der Waals surface area contributed by atoms with E-state index in [1.807, 2.05) is 37.3 Å². The predicted molar refractivity (Wildman–Crippen MR) is 98.6 cm³/mol. The van der Waals surface area contributed by atoms with Gasteiger partial charge in [0.2, 0.25) is 0 Å². The normalized spacial score (nSPS) is 22.7. The fourth-order valence-corrected chi connectivity index (χ4v) is 3.91. The molecular weight excluding hydrogens is 346 g/mol. The molecule has 7 nitrogen and oxygen atoms in total. The molecule has 2 aliphatic rings. The van der Waals surface area contributed by atoms with Gasteiger partial charge in [0.25, 0.3) is 11.8 Å². The maximum Gasteiger partial charge on any atom is 0.259 e. The number of hydrogen-bond acceptors (Lipinski definition) is 5. The molecule has 27 heavy (non-hydrogen) atoms. The first-order valence-corrected chi connectivity index (χ1v) is 9.27. The molecule has 0 N–H and O–H groups in total. The van der Waals surface area contributed by atoms with Crippen LogP contribution in [0, 0.1) is 6.92 Å². The van der Waals surface area contributed by atoms with Crippen molar-refractivity contribution < 1.29 is 18.8 Å². The van der Waals surface area contributed by atoms with Gasteiger partial charge in [0.15, 0.2) is 0 Å². The molecule has 2 aliphatic heterocycles. The number of anilines is 1. The zero-order valence-corrected chi connectivity index (χ0v) is 15.6. The van der Waals surface area contributed by atoms with Gasteiger partial charge < -0.3 is 19.1 Å². The predicted octanol–water partition coefficient (Wildman–Crippen LogP) is 2.19. The van der Waals surface area contributed by atoms with E-state index in [0.717, 1.165) is 5.69 Å². The topological polar surface area (TPSA) is 75.9 Å². The van der Waals surface area contributed by atoms with Crippen LogP contribution in [0.3, 0.4) is 0 Å². The molecule has 1 atom stereocenters. The Labute approximate surface area is 157 Å². The number of rotatable bonds is 3. The number of carbonyl (C=O) groups is 2. The van der Waals surface area contributed by atoms with Gasteiger partial charge >= 0.3 is 0 Å². The maximum absolute atomic E-state index is 13.0. The largest absolute Gasteiger partial charge is 0.361 e. The number of amides is 2. The van der Waals surface area contributed by atoms with Gasteiger partial charge in [0.1, 0.15) is 23.5 Å². The van der Waals surface area contributed by atoms with Crippen LogP contribution in [-0.2, 0) is 16.0 Å². The summed E-state index contributed by atoms with van der Waals surface area (Å²) in [7, 11) is 0. The van der Waals surface area contributed by atoms with Crippen molar-refractivity contribution in [3.05, 3.63) is 47.3 Å². The summed E-state index contributed by atoms with van der Waals surface area (Å²) < 4.78 is 11.2. The van der Waals surface area contributed by atoms with Crippen molar-refractivity contribution in [1.29, 1.82) is 0 Å². The van der Waals surface area contributed by atoms with Crippen LogP contribution in [0.5, 0.6) is 0 Å². The fraction of sp³-hybridized carbons (Fsp3) is 0.450. The number of carbonyl (C=O) groups excluding carboxylic acids is 2. The van der Waals surface area contributed by atoms with E-state index in [9.17, 15) is 9.59 Å². The molecule has 3 heterocycles. The first-order chi connectivity index (χ1) is 13.0. The molecule has 0 bridgehead atoms. The van der Waals surface area contributed by atoms with E-state index in [-0.39, 0.29) is 18.4 Å². The van der Waals surface area contributed by atoms with Crippen LogP contribution < -0.4 is 4.90 Å². The zero-order chi connectivity index (χ0) is 19.0. The average Bonchev–Trinajstić information content (AvgIpc) is 3.28. The van der Waals surface area contributed by atoms with E-state index < -0.39 is 5.60 Å². The summed E-state index contributed by atoms with van der Waals surface area (Å²) in [5.74, 6) is 0.414. The standard InChI is InChI=1S/C20H23N3O4/c1-3-16-18(14(2)27-21-16)19(25)22-10-9-20(12-22)13-23(17(24)11-26-20)15-7-5-4-6-8-15/h4-8H,3,9-13H2,1-2H3. The molecule has 0 saturated carbocycles. The number of likely N-dealkylation sites (tertiary alicyclic amines) is 1. The molecule has 2 amide bonds. The van der Waals surface area contributed by atoms with Gasteiger partial charge in [-0.2, -0.15) is 0 Å². The molecule has 4 rings (SSSR count). The van der Waals surface area contributed by atoms with Gasteiger partial charge in [-0.25, -0.2) is 0 Å². The first-order valence-electron chi connectivity index (χ1n) is 9.27. The third-order valence-corrected chi connectivity index (χ3v) is 5.40. The highest BCUT2D eigenvalue weighted by molar-refractivity contribution is 5.97. The van der Waals surface area contributed by atoms with Gasteiger partial charge in [0.05, 0.1) is 18.8 Å². The smallest absolute Gasteiger partial charge is 0.259 e. The van der Waals surface area contributed by atoms with E-state index in [1.54, 1.807) is 16.7 Å². The Bertz CT molecular complexity index is 863. The van der Waals surface area contributed by atoms with Gasteiger partial charge in [-0.15, -0.1) is 0 Å². The number of morpholine rings is 1. The number of para-hydroxylation sites is 1. The summed E-state index contributed by atoms with van der Waals surface area (Å²) >= 11 is 0. The number of ether oxygens (including phenoxy) is 1. The summed E-state index contributed by atoms with van der Waals surface area (Å²) in [6, 6.07) is 9.59. The lowest BCUT2D eigenvalue weighted by molar-refractivity contribution is -0.137. The highest BCUT2D eigenvalue weighted by Crippen LogP contribution is 2.33. The van der Waals surface area contributed by atoms with Crippen LogP contribution >= 0.6 is 0 Å². The molecule has 2 fully saturated rings. The minimum absolute atomic E-state index is 0.0312. The lowest BCUT2D eigenvalue weighted by Gasteiger charge is -2.40. The highest BCUT2D eigenvalue weighted by atomic mass is 16.5. The second-order valence-electron chi connectivity index (χ2n) is 7.18. The third-order valence-electron chi connectivity index (χ3n) is 5.40. The molecule has 2 saturated heterocycles. The van der Waals surface area contributed by atoms with Crippen molar-refractivity contribution in [3.8, 4) is 0 Å². The first kappa shape index (κ1) is 17.7. The number of nitrogens with zero attached hydrogens (tertiary/aromatic N) is 3. The average molecular weight is 369 g/mol. The molecule has 7 heteroatoms. The van der Waals surface area contributed by atoms with Crippen molar-refractivity contribution in [2.45, 2.75) is 32.3 Å². The molecule has 142 valence electrons. The minimum atomic E-state index is -0.531. The Morgan fingerprint density at radius 1 is 1.26 bits per heavy atom. The molecule has 1 aromatic carbocycles. The fourth-order valence-electron chi connectivity index (χ4n) is 3.91. The maximum atomic E-state index is 13.0. The van der Waals surface area contributed by atoms with Gasteiger partial charge in [-0.05, 0) is 31.9 Å². The Morgan fingerprint density at radius 3 is 2.78 bits per heavy atom. The van der Waals surface area contributed by atoms with Gasteiger partial charge in [-0.3, -0.25) is 9.59 Å². The Hall–Kier alpha value is -2.67. The molecule has 1 unspecified atom stereocenters. The van der Waals surface area contributed by atoms with E-state index in [2.05, 4.69) is 5.16 Å². The lowest BCUT2D eigenvalue weighted by Crippen LogP contribution is -2.56. The van der Waals surface area contributed by atoms with Gasteiger partial charge in [-0.1, -0.05) is 30.3 Å². The molecule has 2 aromatic rings. The van der Waals surface area contributed by atoms with Crippen molar-refractivity contribution in [3.63, 3.8) is 0 Å². The summed E-state index contributed by atoms with van der Waals surface area (Å²) in [6.45, 7) is 5.23. The van der Waals surface area contributed by atoms with Crippen LogP contribution in [0.1, 0.15) is 35.2 Å². The van der Waals surface area contributed by atoms with Crippen molar-refractivity contribution in [2.75, 3.05) is 31.1 Å². The number of aromatic nitrogens is 1. The van der Waals surface area contributed by atoms with Crippen LogP contribution in [-0.4, -0.2) is 53.7 Å². The summed E-state index contributed by atoms with van der Waals surface area (Å²) in [6.07, 6.45) is 1.34. The third kappa shape index (κ3) is 3.12. The lowest BCUT2D eigenvalue weighted by atomic mass is 10.00. The second kappa shape index (κ2) is 6.81. The quantitative estimate of drug-likeness (QED) is 0.829. The summed E-state index contributed by atoms with van der Waals surface area (Å²) in [5, 5.41) is 3.99. The Balaban J connectivity index is 1.54. The number of benzene rings is 1. The van der Waals surface area contributed by atoms with Crippen molar-refractivity contribution in [2.24, 2.45) is 0 Å². The van der Waals surface area contributed by atoms with Crippen LogP contribution in [0.4, 0.5) is 5.69 Å². The van der Waals surface area contributed by atoms with Crippen LogP contribution in [0.2, 0.25) is 0 Å². The molecule has 0 aliphatic carbocycles.